The van der Waals surface area contributed by atoms with Crippen molar-refractivity contribution in [3.05, 3.63) is 52.0 Å². The third-order valence-corrected chi connectivity index (χ3v) is 2.74. The maximum atomic E-state index is 11.0. The largest absolute Gasteiger partial charge is 0.340 e. The standard InChI is InChI=1S/C13H14N4O2.ClH/c1-3-10-4-5-11(7-12(10)17(18)19)16-13-6-9(2)14-8-15-13;/h4-8H,3H2,1-2H3,(H,14,15,16);1H. The normalized spacial score (nSPS) is 9.70. The molecular weight excluding hydrogens is 280 g/mol. The Morgan fingerprint density at radius 2 is 2.05 bits per heavy atom. The molecule has 0 bridgehead atoms. The van der Waals surface area contributed by atoms with Gasteiger partial charge in [-0.15, -0.1) is 12.4 Å². The van der Waals surface area contributed by atoms with Crippen LogP contribution in [0.4, 0.5) is 17.2 Å². The van der Waals surface area contributed by atoms with Crippen molar-refractivity contribution in [2.45, 2.75) is 20.3 Å². The van der Waals surface area contributed by atoms with Crippen LogP contribution in [0.3, 0.4) is 0 Å². The number of aromatic nitrogens is 2. The van der Waals surface area contributed by atoms with E-state index in [-0.39, 0.29) is 23.0 Å². The molecule has 0 aliphatic rings. The van der Waals surface area contributed by atoms with E-state index in [0.29, 0.717) is 17.9 Å². The Kier molecular flexibility index (Phi) is 5.40. The van der Waals surface area contributed by atoms with Gasteiger partial charge in [0.2, 0.25) is 0 Å². The van der Waals surface area contributed by atoms with Gasteiger partial charge in [-0.25, -0.2) is 9.97 Å². The molecule has 20 heavy (non-hydrogen) atoms. The van der Waals surface area contributed by atoms with Crippen molar-refractivity contribution in [3.63, 3.8) is 0 Å². The van der Waals surface area contributed by atoms with Gasteiger partial charge in [0.25, 0.3) is 5.69 Å². The van der Waals surface area contributed by atoms with Crippen molar-refractivity contribution in [1.82, 2.24) is 9.97 Å². The van der Waals surface area contributed by atoms with Crippen LogP contribution in [0.5, 0.6) is 0 Å². The maximum absolute atomic E-state index is 11.0. The summed E-state index contributed by atoms with van der Waals surface area (Å²) in [5.74, 6) is 0.617. The van der Waals surface area contributed by atoms with E-state index in [1.54, 1.807) is 12.1 Å². The Balaban J connectivity index is 0.00000200. The number of aryl methyl sites for hydroxylation is 2. The zero-order valence-electron chi connectivity index (χ0n) is 11.2. The molecule has 7 heteroatoms. The number of nitro groups is 1. The lowest BCUT2D eigenvalue weighted by atomic mass is 10.1. The first-order valence-corrected chi connectivity index (χ1v) is 5.93. The van der Waals surface area contributed by atoms with Crippen molar-refractivity contribution in [1.29, 1.82) is 0 Å². The predicted molar refractivity (Wildman–Crippen MR) is 79.8 cm³/mol. The minimum absolute atomic E-state index is 0. The molecule has 0 aliphatic heterocycles. The topological polar surface area (TPSA) is 81.0 Å². The zero-order chi connectivity index (χ0) is 13.8. The summed E-state index contributed by atoms with van der Waals surface area (Å²) in [5, 5.41) is 14.0. The van der Waals surface area contributed by atoms with Crippen LogP contribution in [0, 0.1) is 17.0 Å². The number of hydrogen-bond acceptors (Lipinski definition) is 5. The second kappa shape index (κ2) is 6.81. The van der Waals surface area contributed by atoms with Crippen molar-refractivity contribution in [2.24, 2.45) is 0 Å². The molecule has 0 atom stereocenters. The number of benzene rings is 1. The van der Waals surface area contributed by atoms with E-state index < -0.39 is 0 Å². The zero-order valence-corrected chi connectivity index (χ0v) is 12.0. The minimum atomic E-state index is -0.366. The molecule has 0 aliphatic carbocycles. The van der Waals surface area contributed by atoms with Crippen LogP contribution in [-0.4, -0.2) is 14.9 Å². The molecule has 0 saturated carbocycles. The van der Waals surface area contributed by atoms with Gasteiger partial charge < -0.3 is 5.32 Å². The first-order chi connectivity index (χ1) is 9.10. The van der Waals surface area contributed by atoms with Crippen LogP contribution in [0.2, 0.25) is 0 Å². The first-order valence-electron chi connectivity index (χ1n) is 5.93. The van der Waals surface area contributed by atoms with Crippen LogP contribution >= 0.6 is 12.4 Å². The number of nitrogens with zero attached hydrogens (tertiary/aromatic N) is 3. The quantitative estimate of drug-likeness (QED) is 0.690. The number of rotatable bonds is 4. The number of halogens is 1. The van der Waals surface area contributed by atoms with E-state index in [9.17, 15) is 10.1 Å². The predicted octanol–water partition coefficient (Wildman–Crippen LogP) is 3.42. The molecule has 6 nitrogen and oxygen atoms in total. The molecule has 0 amide bonds. The van der Waals surface area contributed by atoms with Gasteiger partial charge >= 0.3 is 0 Å². The highest BCUT2D eigenvalue weighted by Gasteiger charge is 2.13. The lowest BCUT2D eigenvalue weighted by molar-refractivity contribution is -0.385. The second-order valence-electron chi connectivity index (χ2n) is 4.12. The third kappa shape index (κ3) is 3.64. The molecule has 1 aromatic carbocycles. The van der Waals surface area contributed by atoms with Crippen LogP contribution in [0.25, 0.3) is 0 Å². The molecule has 106 valence electrons. The summed E-state index contributed by atoms with van der Waals surface area (Å²) in [6.45, 7) is 3.75. The van der Waals surface area contributed by atoms with E-state index in [4.69, 9.17) is 0 Å². The molecule has 0 fully saturated rings. The van der Waals surface area contributed by atoms with Crippen LogP contribution < -0.4 is 5.32 Å². The summed E-state index contributed by atoms with van der Waals surface area (Å²) in [5.41, 5.74) is 2.31. The van der Waals surface area contributed by atoms with Crippen molar-refractivity contribution >= 4 is 29.6 Å². The van der Waals surface area contributed by atoms with Gasteiger partial charge in [0.05, 0.1) is 4.92 Å². The lowest BCUT2D eigenvalue weighted by Gasteiger charge is -2.07. The summed E-state index contributed by atoms with van der Waals surface area (Å²) in [7, 11) is 0. The summed E-state index contributed by atoms with van der Waals surface area (Å²) >= 11 is 0. The van der Waals surface area contributed by atoms with Gasteiger partial charge in [0, 0.05) is 29.1 Å². The van der Waals surface area contributed by atoms with Crippen LogP contribution in [0.1, 0.15) is 18.2 Å². The van der Waals surface area contributed by atoms with Crippen molar-refractivity contribution in [3.8, 4) is 0 Å². The van der Waals surface area contributed by atoms with E-state index >= 15 is 0 Å². The molecule has 1 heterocycles. The summed E-state index contributed by atoms with van der Waals surface area (Å²) in [4.78, 5) is 18.7. The first kappa shape index (κ1) is 15.8. The Morgan fingerprint density at radius 3 is 2.65 bits per heavy atom. The molecule has 0 unspecified atom stereocenters. The average Bonchev–Trinajstić information content (AvgIpc) is 2.38. The van der Waals surface area contributed by atoms with Gasteiger partial charge in [0.1, 0.15) is 12.1 Å². The van der Waals surface area contributed by atoms with E-state index in [0.717, 1.165) is 11.3 Å². The molecule has 1 aromatic heterocycles. The molecule has 0 radical (unpaired) electrons. The highest BCUT2D eigenvalue weighted by molar-refractivity contribution is 5.85. The van der Waals surface area contributed by atoms with Crippen molar-refractivity contribution < 1.29 is 4.92 Å². The van der Waals surface area contributed by atoms with E-state index in [1.807, 2.05) is 19.9 Å². The van der Waals surface area contributed by atoms with Gasteiger partial charge in [0.15, 0.2) is 0 Å². The fourth-order valence-electron chi connectivity index (χ4n) is 1.78. The molecular formula is C13H15ClN4O2. The summed E-state index contributed by atoms with van der Waals surface area (Å²) < 4.78 is 0. The summed E-state index contributed by atoms with van der Waals surface area (Å²) in [6, 6.07) is 6.87. The molecule has 2 rings (SSSR count). The molecule has 2 aromatic rings. The van der Waals surface area contributed by atoms with Gasteiger partial charge in [-0.2, -0.15) is 0 Å². The van der Waals surface area contributed by atoms with E-state index in [2.05, 4.69) is 15.3 Å². The fourth-order valence-corrected chi connectivity index (χ4v) is 1.78. The van der Waals surface area contributed by atoms with Crippen molar-refractivity contribution in [2.75, 3.05) is 5.32 Å². The average molecular weight is 295 g/mol. The Labute approximate surface area is 122 Å². The van der Waals surface area contributed by atoms with Crippen LogP contribution in [0.15, 0.2) is 30.6 Å². The number of nitrogens with one attached hydrogen (secondary N) is 1. The second-order valence-corrected chi connectivity index (χ2v) is 4.12. The number of anilines is 2. The number of nitro benzene ring substituents is 1. The lowest BCUT2D eigenvalue weighted by Crippen LogP contribution is -1.99. The maximum Gasteiger partial charge on any atom is 0.274 e. The molecule has 0 saturated heterocycles. The fraction of sp³-hybridized carbons (Fsp3) is 0.231. The molecule has 0 spiro atoms. The Hall–Kier alpha value is -2.21. The Morgan fingerprint density at radius 1 is 1.30 bits per heavy atom. The SMILES string of the molecule is CCc1ccc(Nc2cc(C)ncn2)cc1[N+](=O)[O-].Cl. The third-order valence-electron chi connectivity index (χ3n) is 2.74. The monoisotopic (exact) mass is 294 g/mol. The Bertz CT molecular complexity index is 619. The molecule has 1 N–H and O–H groups in total. The summed E-state index contributed by atoms with van der Waals surface area (Å²) in [6.07, 6.45) is 2.08. The highest BCUT2D eigenvalue weighted by Crippen LogP contribution is 2.25. The van der Waals surface area contributed by atoms with E-state index in [1.165, 1.54) is 12.4 Å². The van der Waals surface area contributed by atoms with Gasteiger partial charge in [-0.1, -0.05) is 13.0 Å². The number of hydrogen-bond donors (Lipinski definition) is 1. The minimum Gasteiger partial charge on any atom is -0.340 e. The van der Waals surface area contributed by atoms with Gasteiger partial charge in [-0.05, 0) is 19.4 Å². The highest BCUT2D eigenvalue weighted by atomic mass is 35.5. The van der Waals surface area contributed by atoms with Gasteiger partial charge in [-0.3, -0.25) is 10.1 Å². The smallest absolute Gasteiger partial charge is 0.274 e. The van der Waals surface area contributed by atoms with Crippen LogP contribution in [-0.2, 0) is 6.42 Å².